The number of rotatable bonds is 9. The summed E-state index contributed by atoms with van der Waals surface area (Å²) in [7, 11) is 1.61. The van der Waals surface area contributed by atoms with E-state index in [0.717, 1.165) is 24.2 Å². The molecule has 0 aliphatic heterocycles. The van der Waals surface area contributed by atoms with Crippen LogP contribution in [0.25, 0.3) is 0 Å². The fourth-order valence-corrected chi connectivity index (χ4v) is 1.73. The van der Waals surface area contributed by atoms with Crippen molar-refractivity contribution in [3.05, 3.63) is 42.0 Å². The third-order valence-corrected chi connectivity index (χ3v) is 2.85. The van der Waals surface area contributed by atoms with E-state index in [2.05, 4.69) is 18.8 Å². The maximum absolute atomic E-state index is 11.9. The molecule has 0 aromatic heterocycles. The van der Waals surface area contributed by atoms with Crippen LogP contribution in [0.4, 0.5) is 0 Å². The van der Waals surface area contributed by atoms with Gasteiger partial charge in [0.1, 0.15) is 5.75 Å². The molecule has 110 valence electrons. The Morgan fingerprint density at radius 2 is 2.25 bits per heavy atom. The summed E-state index contributed by atoms with van der Waals surface area (Å²) in [6, 6.07) is 5.34. The number of amides is 1. The van der Waals surface area contributed by atoms with E-state index >= 15 is 0 Å². The Morgan fingerprint density at radius 1 is 1.45 bits per heavy atom. The first kappa shape index (κ1) is 16.2. The average Bonchev–Trinajstić information content (AvgIpc) is 2.49. The molecule has 0 saturated carbocycles. The molecule has 0 aliphatic carbocycles. The Kier molecular flexibility index (Phi) is 7.43. The van der Waals surface area contributed by atoms with Gasteiger partial charge in [0.2, 0.25) is 0 Å². The molecule has 0 bridgehead atoms. The van der Waals surface area contributed by atoms with Crippen molar-refractivity contribution in [2.45, 2.75) is 26.4 Å². The van der Waals surface area contributed by atoms with Gasteiger partial charge in [-0.25, -0.2) is 0 Å². The first-order valence-corrected chi connectivity index (χ1v) is 6.86. The van der Waals surface area contributed by atoms with Gasteiger partial charge in [-0.15, -0.1) is 6.58 Å². The Morgan fingerprint density at radius 3 is 2.90 bits per heavy atom. The highest BCUT2D eigenvalue weighted by Gasteiger charge is 2.09. The molecule has 0 saturated heterocycles. The number of methoxy groups -OCH3 is 1. The average molecular weight is 277 g/mol. The lowest BCUT2D eigenvalue weighted by molar-refractivity contribution is 0.0957. The zero-order chi connectivity index (χ0) is 14.8. The predicted octanol–water partition coefficient (Wildman–Crippen LogP) is 2.93. The number of hydrogen-bond donors (Lipinski definition) is 1. The lowest BCUT2D eigenvalue weighted by atomic mass is 10.1. The van der Waals surface area contributed by atoms with E-state index in [0.29, 0.717) is 25.3 Å². The molecule has 0 spiro atoms. The molecule has 4 nitrogen and oxygen atoms in total. The van der Waals surface area contributed by atoms with Crippen molar-refractivity contribution in [2.75, 3.05) is 20.3 Å². The number of carbonyl (C=O) groups excluding carboxylic acids is 1. The van der Waals surface area contributed by atoms with Gasteiger partial charge in [0.15, 0.2) is 0 Å². The van der Waals surface area contributed by atoms with Crippen LogP contribution >= 0.6 is 0 Å². The molecule has 0 unspecified atom stereocenters. The molecule has 20 heavy (non-hydrogen) atoms. The molecule has 0 fully saturated rings. The first-order chi connectivity index (χ1) is 9.72. The normalized spacial score (nSPS) is 10.1. The Hall–Kier alpha value is -1.81. The van der Waals surface area contributed by atoms with Crippen molar-refractivity contribution in [1.29, 1.82) is 0 Å². The van der Waals surface area contributed by atoms with E-state index in [1.165, 1.54) is 0 Å². The SMILES string of the molecule is C=CCNC(=O)c1ccc(OC)c(COCCCC)c1. The van der Waals surface area contributed by atoms with Crippen LogP contribution in [0.1, 0.15) is 35.7 Å². The number of hydrogen-bond acceptors (Lipinski definition) is 3. The third-order valence-electron chi connectivity index (χ3n) is 2.85. The summed E-state index contributed by atoms with van der Waals surface area (Å²) in [5.74, 6) is 0.615. The topological polar surface area (TPSA) is 47.6 Å². The van der Waals surface area contributed by atoms with Gasteiger partial charge in [0, 0.05) is 24.3 Å². The van der Waals surface area contributed by atoms with Gasteiger partial charge in [0.05, 0.1) is 13.7 Å². The minimum Gasteiger partial charge on any atom is -0.496 e. The van der Waals surface area contributed by atoms with E-state index < -0.39 is 0 Å². The quantitative estimate of drug-likeness (QED) is 0.557. The van der Waals surface area contributed by atoms with Gasteiger partial charge in [-0.05, 0) is 24.6 Å². The number of ether oxygens (including phenoxy) is 2. The second-order valence-electron chi connectivity index (χ2n) is 4.43. The van der Waals surface area contributed by atoms with Crippen LogP contribution in [0.3, 0.4) is 0 Å². The number of nitrogens with one attached hydrogen (secondary N) is 1. The monoisotopic (exact) mass is 277 g/mol. The molecule has 0 aliphatic rings. The Balaban J connectivity index is 2.74. The molecule has 4 heteroatoms. The zero-order valence-electron chi connectivity index (χ0n) is 12.3. The second-order valence-corrected chi connectivity index (χ2v) is 4.43. The van der Waals surface area contributed by atoms with E-state index in [1.807, 2.05) is 6.07 Å². The van der Waals surface area contributed by atoms with Crippen LogP contribution in [0, 0.1) is 0 Å². The first-order valence-electron chi connectivity index (χ1n) is 6.86. The number of unbranched alkanes of at least 4 members (excludes halogenated alkanes) is 1. The van der Waals surface area contributed by atoms with Gasteiger partial charge < -0.3 is 14.8 Å². The summed E-state index contributed by atoms with van der Waals surface area (Å²) in [4.78, 5) is 11.9. The second kappa shape index (κ2) is 9.15. The van der Waals surface area contributed by atoms with Gasteiger partial charge >= 0.3 is 0 Å². The van der Waals surface area contributed by atoms with Gasteiger partial charge in [-0.3, -0.25) is 4.79 Å². The largest absolute Gasteiger partial charge is 0.496 e. The molecule has 1 rings (SSSR count). The van der Waals surface area contributed by atoms with E-state index in [1.54, 1.807) is 25.3 Å². The lowest BCUT2D eigenvalue weighted by Gasteiger charge is -2.11. The molecule has 0 atom stereocenters. The maximum atomic E-state index is 11.9. The smallest absolute Gasteiger partial charge is 0.251 e. The Labute approximate surface area is 120 Å². The fraction of sp³-hybridized carbons (Fsp3) is 0.438. The van der Waals surface area contributed by atoms with Crippen LogP contribution in [-0.4, -0.2) is 26.2 Å². The van der Waals surface area contributed by atoms with Crippen LogP contribution in [0.15, 0.2) is 30.9 Å². The van der Waals surface area contributed by atoms with Gasteiger partial charge in [-0.1, -0.05) is 19.4 Å². The maximum Gasteiger partial charge on any atom is 0.251 e. The summed E-state index contributed by atoms with van der Waals surface area (Å²) >= 11 is 0. The minimum absolute atomic E-state index is 0.123. The van der Waals surface area contributed by atoms with E-state index in [4.69, 9.17) is 9.47 Å². The lowest BCUT2D eigenvalue weighted by Crippen LogP contribution is -2.23. The molecule has 1 amide bonds. The number of carbonyl (C=O) groups is 1. The van der Waals surface area contributed by atoms with Crippen LogP contribution in [0.5, 0.6) is 5.75 Å². The van der Waals surface area contributed by atoms with Crippen LogP contribution in [-0.2, 0) is 11.3 Å². The van der Waals surface area contributed by atoms with Gasteiger partial charge in [-0.2, -0.15) is 0 Å². The van der Waals surface area contributed by atoms with Crippen molar-refractivity contribution in [3.63, 3.8) is 0 Å². The summed E-state index contributed by atoms with van der Waals surface area (Å²) in [6.07, 6.45) is 3.78. The summed E-state index contributed by atoms with van der Waals surface area (Å²) in [5.41, 5.74) is 1.48. The fourth-order valence-electron chi connectivity index (χ4n) is 1.73. The molecular weight excluding hydrogens is 254 g/mol. The summed E-state index contributed by atoms with van der Waals surface area (Å²) in [5, 5.41) is 2.75. The van der Waals surface area contributed by atoms with Crippen molar-refractivity contribution >= 4 is 5.91 Å². The molecule has 0 radical (unpaired) electrons. The predicted molar refractivity (Wildman–Crippen MR) is 80.1 cm³/mol. The standard InChI is InChI=1S/C16H23NO3/c1-4-6-10-20-12-14-11-13(7-8-15(14)19-3)16(18)17-9-5-2/h5,7-8,11H,2,4,6,9-10,12H2,1,3H3,(H,17,18). The molecule has 1 N–H and O–H groups in total. The molecule has 1 aromatic carbocycles. The third kappa shape index (κ3) is 5.05. The molecule has 1 aromatic rings. The van der Waals surface area contributed by atoms with Crippen molar-refractivity contribution in [1.82, 2.24) is 5.32 Å². The van der Waals surface area contributed by atoms with E-state index in [-0.39, 0.29) is 5.91 Å². The van der Waals surface area contributed by atoms with Crippen molar-refractivity contribution < 1.29 is 14.3 Å². The Bertz CT molecular complexity index is 443. The van der Waals surface area contributed by atoms with Gasteiger partial charge in [0.25, 0.3) is 5.91 Å². The van der Waals surface area contributed by atoms with E-state index in [9.17, 15) is 4.79 Å². The summed E-state index contributed by atoms with van der Waals surface area (Å²) in [6.45, 7) is 7.31. The van der Waals surface area contributed by atoms with Crippen molar-refractivity contribution in [2.24, 2.45) is 0 Å². The number of benzene rings is 1. The van der Waals surface area contributed by atoms with Crippen molar-refractivity contribution in [3.8, 4) is 5.75 Å². The molecule has 0 heterocycles. The minimum atomic E-state index is -0.123. The highest BCUT2D eigenvalue weighted by atomic mass is 16.5. The highest BCUT2D eigenvalue weighted by Crippen LogP contribution is 2.21. The summed E-state index contributed by atoms with van der Waals surface area (Å²) < 4.78 is 10.9. The molecular formula is C16H23NO3. The van der Waals surface area contributed by atoms with Crippen LogP contribution < -0.4 is 10.1 Å². The van der Waals surface area contributed by atoms with Crippen LogP contribution in [0.2, 0.25) is 0 Å². The highest BCUT2D eigenvalue weighted by molar-refractivity contribution is 5.94. The zero-order valence-corrected chi connectivity index (χ0v) is 12.3.